The summed E-state index contributed by atoms with van der Waals surface area (Å²) in [7, 11) is 0. The largest absolute Gasteiger partial charge is 0.488 e. The molecule has 3 rings (SSSR count). The fraction of sp³-hybridized carbons (Fsp3) is 0.625. The summed E-state index contributed by atoms with van der Waals surface area (Å²) in [6.45, 7) is 6.40. The highest BCUT2D eigenvalue weighted by Crippen LogP contribution is 2.29. The van der Waals surface area contributed by atoms with Gasteiger partial charge in [-0.25, -0.2) is 4.39 Å². The van der Waals surface area contributed by atoms with Gasteiger partial charge in [0.15, 0.2) is 0 Å². The average molecular weight is 278 g/mol. The van der Waals surface area contributed by atoms with Gasteiger partial charge >= 0.3 is 0 Å². The lowest BCUT2D eigenvalue weighted by atomic mass is 10.1. The highest BCUT2D eigenvalue weighted by atomic mass is 19.1. The molecule has 1 N–H and O–H groups in total. The van der Waals surface area contributed by atoms with E-state index in [-0.39, 0.29) is 11.9 Å². The Morgan fingerprint density at radius 2 is 2.35 bits per heavy atom. The molecule has 0 aromatic heterocycles. The Balaban J connectivity index is 1.55. The molecule has 0 aliphatic carbocycles. The van der Waals surface area contributed by atoms with Gasteiger partial charge in [0.1, 0.15) is 17.7 Å². The monoisotopic (exact) mass is 278 g/mol. The van der Waals surface area contributed by atoms with E-state index in [1.807, 2.05) is 0 Å². The van der Waals surface area contributed by atoms with Crippen LogP contribution in [-0.2, 0) is 6.42 Å². The molecule has 110 valence electrons. The van der Waals surface area contributed by atoms with Gasteiger partial charge in [0, 0.05) is 44.2 Å². The number of halogens is 1. The number of ether oxygens (including phenoxy) is 1. The summed E-state index contributed by atoms with van der Waals surface area (Å²) < 4.78 is 19.1. The average Bonchev–Trinajstić information content (AvgIpc) is 2.81. The van der Waals surface area contributed by atoms with E-state index in [2.05, 4.69) is 17.1 Å². The summed E-state index contributed by atoms with van der Waals surface area (Å²) in [5.74, 6) is 0.690. The van der Waals surface area contributed by atoms with Gasteiger partial charge in [-0.2, -0.15) is 0 Å². The molecule has 1 aromatic rings. The van der Waals surface area contributed by atoms with Crippen LogP contribution in [0.3, 0.4) is 0 Å². The van der Waals surface area contributed by atoms with Crippen molar-refractivity contribution in [2.75, 3.05) is 26.2 Å². The number of rotatable bonds is 4. The molecule has 4 heteroatoms. The van der Waals surface area contributed by atoms with Crippen LogP contribution in [0.5, 0.6) is 5.75 Å². The predicted octanol–water partition coefficient (Wildman–Crippen LogP) is 2.20. The smallest absolute Gasteiger partial charge is 0.123 e. The van der Waals surface area contributed by atoms with Gasteiger partial charge in [0.2, 0.25) is 0 Å². The quantitative estimate of drug-likeness (QED) is 0.914. The molecule has 0 bridgehead atoms. The second-order valence-corrected chi connectivity index (χ2v) is 5.90. The first-order valence-corrected chi connectivity index (χ1v) is 7.65. The van der Waals surface area contributed by atoms with Crippen LogP contribution in [0, 0.1) is 5.82 Å². The van der Waals surface area contributed by atoms with Crippen LogP contribution >= 0.6 is 0 Å². The zero-order chi connectivity index (χ0) is 13.9. The summed E-state index contributed by atoms with van der Waals surface area (Å²) in [5.41, 5.74) is 1.01. The second kappa shape index (κ2) is 6.10. The highest BCUT2D eigenvalue weighted by Gasteiger charge is 2.27. The number of fused-ring (bicyclic) bond motifs is 1. The molecule has 3 nitrogen and oxygen atoms in total. The molecule has 2 unspecified atom stereocenters. The predicted molar refractivity (Wildman–Crippen MR) is 77.7 cm³/mol. The molecule has 2 atom stereocenters. The number of piperazine rings is 1. The van der Waals surface area contributed by atoms with E-state index in [4.69, 9.17) is 4.74 Å². The summed E-state index contributed by atoms with van der Waals surface area (Å²) in [6, 6.07) is 5.44. The summed E-state index contributed by atoms with van der Waals surface area (Å²) in [5, 5.41) is 3.57. The molecular weight excluding hydrogens is 255 g/mol. The Morgan fingerprint density at radius 1 is 1.45 bits per heavy atom. The molecular formula is C16H23FN2O. The topological polar surface area (TPSA) is 24.5 Å². The van der Waals surface area contributed by atoms with Crippen molar-refractivity contribution in [1.29, 1.82) is 0 Å². The zero-order valence-corrected chi connectivity index (χ0v) is 12.1. The standard InChI is InChI=1S/C16H23FN2O/c1-2-3-14-10-19(7-6-18-14)11-15-9-12-8-13(17)4-5-16(12)20-15/h4-5,8,14-15,18H,2-3,6-7,9-11H2,1H3. The number of hydrogen-bond acceptors (Lipinski definition) is 3. The van der Waals surface area contributed by atoms with Crippen LogP contribution < -0.4 is 10.1 Å². The fourth-order valence-corrected chi connectivity index (χ4v) is 3.28. The van der Waals surface area contributed by atoms with Crippen LogP contribution in [0.1, 0.15) is 25.3 Å². The van der Waals surface area contributed by atoms with Gasteiger partial charge in [0.05, 0.1) is 0 Å². The van der Waals surface area contributed by atoms with E-state index < -0.39 is 0 Å². The molecule has 2 aliphatic heterocycles. The first-order chi connectivity index (χ1) is 9.74. The van der Waals surface area contributed by atoms with Gasteiger partial charge in [-0.3, -0.25) is 4.90 Å². The van der Waals surface area contributed by atoms with Gasteiger partial charge in [-0.05, 0) is 24.6 Å². The zero-order valence-electron chi connectivity index (χ0n) is 12.1. The van der Waals surface area contributed by atoms with E-state index in [1.54, 1.807) is 12.1 Å². The van der Waals surface area contributed by atoms with Gasteiger partial charge in [-0.1, -0.05) is 13.3 Å². The lowest BCUT2D eigenvalue weighted by Gasteiger charge is -2.34. The molecule has 1 fully saturated rings. The van der Waals surface area contributed by atoms with Crippen LogP contribution in [-0.4, -0.2) is 43.2 Å². The Morgan fingerprint density at radius 3 is 3.20 bits per heavy atom. The van der Waals surface area contributed by atoms with Crippen molar-refractivity contribution >= 4 is 0 Å². The molecule has 0 saturated carbocycles. The third-order valence-electron chi connectivity index (χ3n) is 4.20. The van der Waals surface area contributed by atoms with Crippen molar-refractivity contribution in [3.63, 3.8) is 0 Å². The first kappa shape index (κ1) is 13.8. The normalized spacial score (nSPS) is 26.3. The van der Waals surface area contributed by atoms with Crippen molar-refractivity contribution < 1.29 is 9.13 Å². The van der Waals surface area contributed by atoms with Gasteiger partial charge < -0.3 is 10.1 Å². The van der Waals surface area contributed by atoms with Gasteiger partial charge in [-0.15, -0.1) is 0 Å². The fourth-order valence-electron chi connectivity index (χ4n) is 3.28. The maximum absolute atomic E-state index is 13.2. The van der Waals surface area contributed by atoms with Gasteiger partial charge in [0.25, 0.3) is 0 Å². The Hall–Kier alpha value is -1.13. The van der Waals surface area contributed by atoms with Crippen molar-refractivity contribution in [2.24, 2.45) is 0 Å². The minimum atomic E-state index is -0.168. The highest BCUT2D eigenvalue weighted by molar-refractivity contribution is 5.37. The molecule has 2 aliphatic rings. The Kier molecular flexibility index (Phi) is 4.22. The Labute approximate surface area is 120 Å². The maximum atomic E-state index is 13.2. The van der Waals surface area contributed by atoms with Crippen LogP contribution in [0.4, 0.5) is 4.39 Å². The minimum absolute atomic E-state index is 0.168. The number of nitrogens with one attached hydrogen (secondary N) is 1. The van der Waals surface area contributed by atoms with Crippen molar-refractivity contribution in [1.82, 2.24) is 10.2 Å². The minimum Gasteiger partial charge on any atom is -0.488 e. The number of hydrogen-bond donors (Lipinski definition) is 1. The third kappa shape index (κ3) is 3.13. The molecule has 0 radical (unpaired) electrons. The number of nitrogens with zero attached hydrogens (tertiary/aromatic N) is 1. The summed E-state index contributed by atoms with van der Waals surface area (Å²) in [6.07, 6.45) is 3.45. The molecule has 20 heavy (non-hydrogen) atoms. The summed E-state index contributed by atoms with van der Waals surface area (Å²) >= 11 is 0. The van der Waals surface area contributed by atoms with Crippen LogP contribution in [0.25, 0.3) is 0 Å². The number of benzene rings is 1. The SMILES string of the molecule is CCCC1CN(CC2Cc3cc(F)ccc3O2)CCN1. The summed E-state index contributed by atoms with van der Waals surface area (Å²) in [4.78, 5) is 2.48. The second-order valence-electron chi connectivity index (χ2n) is 5.90. The Bertz CT molecular complexity index is 464. The lowest BCUT2D eigenvalue weighted by Crippen LogP contribution is -2.52. The third-order valence-corrected chi connectivity index (χ3v) is 4.20. The molecule has 2 heterocycles. The lowest BCUT2D eigenvalue weighted by molar-refractivity contribution is 0.121. The van der Waals surface area contributed by atoms with Crippen molar-refractivity contribution in [3.8, 4) is 5.75 Å². The van der Waals surface area contributed by atoms with E-state index in [0.29, 0.717) is 6.04 Å². The van der Waals surface area contributed by atoms with E-state index in [9.17, 15) is 4.39 Å². The molecule has 0 amide bonds. The van der Waals surface area contributed by atoms with E-state index >= 15 is 0 Å². The van der Waals surface area contributed by atoms with E-state index in [0.717, 1.165) is 43.9 Å². The van der Waals surface area contributed by atoms with E-state index in [1.165, 1.54) is 18.9 Å². The van der Waals surface area contributed by atoms with Crippen molar-refractivity contribution in [3.05, 3.63) is 29.6 Å². The van der Waals surface area contributed by atoms with Crippen LogP contribution in [0.2, 0.25) is 0 Å². The van der Waals surface area contributed by atoms with Crippen molar-refractivity contribution in [2.45, 2.75) is 38.3 Å². The molecule has 1 aromatic carbocycles. The maximum Gasteiger partial charge on any atom is 0.123 e. The molecule has 1 saturated heterocycles. The first-order valence-electron chi connectivity index (χ1n) is 7.65. The van der Waals surface area contributed by atoms with Crippen LogP contribution in [0.15, 0.2) is 18.2 Å². The molecule has 0 spiro atoms.